The molecule has 0 saturated heterocycles. The van der Waals surface area contributed by atoms with E-state index in [0.29, 0.717) is 5.92 Å². The van der Waals surface area contributed by atoms with Crippen molar-refractivity contribution in [3.05, 3.63) is 29.6 Å². The molecule has 1 heterocycles. The molecule has 0 radical (unpaired) electrons. The zero-order valence-electron chi connectivity index (χ0n) is 10.2. The first-order valence-electron chi connectivity index (χ1n) is 6.19. The lowest BCUT2D eigenvalue weighted by Crippen LogP contribution is -2.00. The van der Waals surface area contributed by atoms with Crippen LogP contribution >= 0.6 is 0 Å². The fourth-order valence-electron chi connectivity index (χ4n) is 2.04. The van der Waals surface area contributed by atoms with Crippen molar-refractivity contribution in [1.29, 1.82) is 0 Å². The van der Waals surface area contributed by atoms with E-state index in [-0.39, 0.29) is 11.7 Å². The highest BCUT2D eigenvalue weighted by molar-refractivity contribution is 6.01. The molecule has 3 rings (SSSR count). The van der Waals surface area contributed by atoms with Crippen molar-refractivity contribution < 1.29 is 4.79 Å². The number of nitrogens with one attached hydrogen (secondary N) is 1. The number of carbonyl (C=O) groups excluding carboxylic acids is 1. The van der Waals surface area contributed by atoms with E-state index in [4.69, 9.17) is 0 Å². The third kappa shape index (κ3) is 1.86. The summed E-state index contributed by atoms with van der Waals surface area (Å²) in [6.45, 7) is 4.21. The molecule has 1 aliphatic rings. The quantitative estimate of drug-likeness (QED) is 0.819. The van der Waals surface area contributed by atoms with Gasteiger partial charge in [0.25, 0.3) is 0 Å². The van der Waals surface area contributed by atoms with Gasteiger partial charge in [-0.05, 0) is 31.0 Å². The number of imidazole rings is 1. The summed E-state index contributed by atoms with van der Waals surface area (Å²) in [6.07, 6.45) is 2.11. The Kier molecular flexibility index (Phi) is 2.28. The second-order valence-corrected chi connectivity index (χ2v) is 5.15. The summed E-state index contributed by atoms with van der Waals surface area (Å²) in [5, 5.41) is 0. The number of benzene rings is 1. The lowest BCUT2D eigenvalue weighted by atomic mass is 10.1. The number of rotatable bonds is 3. The Bertz CT molecular complexity index is 579. The number of carbonyl (C=O) groups is 1. The molecule has 0 unspecified atom stereocenters. The number of hydrogen-bond donors (Lipinski definition) is 1. The Morgan fingerprint density at radius 3 is 2.82 bits per heavy atom. The van der Waals surface area contributed by atoms with Crippen molar-refractivity contribution >= 4 is 16.8 Å². The molecular formula is C14H16N2O. The lowest BCUT2D eigenvalue weighted by Gasteiger charge is -1.98. The second kappa shape index (κ2) is 3.69. The van der Waals surface area contributed by atoms with Crippen LogP contribution in [0.2, 0.25) is 0 Å². The van der Waals surface area contributed by atoms with Crippen molar-refractivity contribution in [3.8, 4) is 0 Å². The van der Waals surface area contributed by atoms with Crippen molar-refractivity contribution in [1.82, 2.24) is 9.97 Å². The van der Waals surface area contributed by atoms with E-state index in [1.54, 1.807) is 0 Å². The van der Waals surface area contributed by atoms with Gasteiger partial charge in [0.1, 0.15) is 5.82 Å². The molecule has 3 nitrogen and oxygen atoms in total. The summed E-state index contributed by atoms with van der Waals surface area (Å²) in [7, 11) is 0. The summed E-state index contributed by atoms with van der Waals surface area (Å²) in [4.78, 5) is 19.7. The molecule has 88 valence electrons. The van der Waals surface area contributed by atoms with E-state index in [1.165, 1.54) is 0 Å². The maximum absolute atomic E-state index is 12.0. The zero-order valence-corrected chi connectivity index (χ0v) is 10.2. The number of nitrogens with zero attached hydrogens (tertiary/aromatic N) is 1. The highest BCUT2D eigenvalue weighted by Crippen LogP contribution is 2.33. The third-order valence-corrected chi connectivity index (χ3v) is 3.28. The normalized spacial score (nSPS) is 15.7. The van der Waals surface area contributed by atoms with Crippen LogP contribution in [0.4, 0.5) is 0 Å². The molecule has 2 aromatic rings. The summed E-state index contributed by atoms with van der Waals surface area (Å²) in [6, 6.07) is 5.77. The molecule has 0 amide bonds. The van der Waals surface area contributed by atoms with Gasteiger partial charge in [-0.15, -0.1) is 0 Å². The molecule has 1 aromatic heterocycles. The van der Waals surface area contributed by atoms with E-state index in [0.717, 1.165) is 35.3 Å². The van der Waals surface area contributed by atoms with Crippen molar-refractivity contribution in [2.24, 2.45) is 5.92 Å². The van der Waals surface area contributed by atoms with Gasteiger partial charge in [0.05, 0.1) is 11.0 Å². The van der Waals surface area contributed by atoms with E-state index in [2.05, 4.69) is 23.8 Å². The predicted octanol–water partition coefficient (Wildman–Crippen LogP) is 3.28. The summed E-state index contributed by atoms with van der Waals surface area (Å²) in [5.41, 5.74) is 2.74. The van der Waals surface area contributed by atoms with Gasteiger partial charge < -0.3 is 4.98 Å². The largest absolute Gasteiger partial charge is 0.342 e. The minimum Gasteiger partial charge on any atom is -0.342 e. The molecule has 1 fully saturated rings. The summed E-state index contributed by atoms with van der Waals surface area (Å²) >= 11 is 0. The molecule has 0 atom stereocenters. The third-order valence-electron chi connectivity index (χ3n) is 3.28. The smallest absolute Gasteiger partial charge is 0.166 e. The lowest BCUT2D eigenvalue weighted by molar-refractivity contribution is 0.0968. The minimum atomic E-state index is 0.278. The van der Waals surface area contributed by atoms with Crippen LogP contribution in [0.5, 0.6) is 0 Å². The average molecular weight is 228 g/mol. The molecule has 1 aromatic carbocycles. The topological polar surface area (TPSA) is 45.8 Å². The summed E-state index contributed by atoms with van der Waals surface area (Å²) < 4.78 is 0. The number of ketones is 1. The maximum atomic E-state index is 12.0. The van der Waals surface area contributed by atoms with Gasteiger partial charge in [-0.1, -0.05) is 13.8 Å². The molecule has 0 aliphatic heterocycles. The Balaban J connectivity index is 2.02. The maximum Gasteiger partial charge on any atom is 0.166 e. The predicted molar refractivity (Wildman–Crippen MR) is 67.2 cm³/mol. The Morgan fingerprint density at radius 2 is 2.18 bits per heavy atom. The Labute approximate surface area is 100 Å². The van der Waals surface area contributed by atoms with Crippen LogP contribution in [-0.2, 0) is 0 Å². The molecule has 17 heavy (non-hydrogen) atoms. The fraction of sp³-hybridized carbons (Fsp3) is 0.429. The Hall–Kier alpha value is -1.64. The van der Waals surface area contributed by atoms with Crippen LogP contribution in [0.3, 0.4) is 0 Å². The molecule has 1 aliphatic carbocycles. The standard InChI is InChI=1S/C14H16N2O/c1-8(2)14-15-11-6-5-10(7-12(11)16-14)13(17)9-3-4-9/h5-9H,3-4H2,1-2H3,(H,15,16). The van der Waals surface area contributed by atoms with Crippen LogP contribution in [0.25, 0.3) is 11.0 Å². The molecule has 0 bridgehead atoms. The van der Waals surface area contributed by atoms with Crippen LogP contribution in [0.1, 0.15) is 48.8 Å². The van der Waals surface area contributed by atoms with Gasteiger partial charge in [0, 0.05) is 17.4 Å². The fourth-order valence-corrected chi connectivity index (χ4v) is 2.04. The van der Waals surface area contributed by atoms with Crippen molar-refractivity contribution in [3.63, 3.8) is 0 Å². The van der Waals surface area contributed by atoms with E-state index >= 15 is 0 Å². The zero-order chi connectivity index (χ0) is 12.0. The number of Topliss-reactive ketones (excluding diaryl/α,β-unsaturated/α-hetero) is 1. The molecule has 3 heteroatoms. The van der Waals surface area contributed by atoms with Gasteiger partial charge in [-0.25, -0.2) is 4.98 Å². The van der Waals surface area contributed by atoms with Crippen molar-refractivity contribution in [2.45, 2.75) is 32.6 Å². The van der Waals surface area contributed by atoms with Gasteiger partial charge in [-0.2, -0.15) is 0 Å². The molecule has 0 spiro atoms. The van der Waals surface area contributed by atoms with Crippen molar-refractivity contribution in [2.75, 3.05) is 0 Å². The van der Waals surface area contributed by atoms with Gasteiger partial charge in [0.15, 0.2) is 5.78 Å². The first-order valence-corrected chi connectivity index (χ1v) is 6.19. The van der Waals surface area contributed by atoms with E-state index < -0.39 is 0 Å². The first kappa shape index (κ1) is 10.5. The monoisotopic (exact) mass is 228 g/mol. The molecular weight excluding hydrogens is 212 g/mol. The number of hydrogen-bond acceptors (Lipinski definition) is 2. The molecule has 1 saturated carbocycles. The van der Waals surface area contributed by atoms with Crippen LogP contribution in [0.15, 0.2) is 18.2 Å². The first-order chi connectivity index (χ1) is 8.15. The van der Waals surface area contributed by atoms with Crippen LogP contribution in [-0.4, -0.2) is 15.8 Å². The van der Waals surface area contributed by atoms with E-state index in [1.807, 2.05) is 18.2 Å². The summed E-state index contributed by atoms with van der Waals surface area (Å²) in [5.74, 6) is 1.92. The van der Waals surface area contributed by atoms with Gasteiger partial charge in [0.2, 0.25) is 0 Å². The second-order valence-electron chi connectivity index (χ2n) is 5.15. The minimum absolute atomic E-state index is 0.278. The highest BCUT2D eigenvalue weighted by atomic mass is 16.1. The van der Waals surface area contributed by atoms with Crippen LogP contribution in [0, 0.1) is 5.92 Å². The van der Waals surface area contributed by atoms with Gasteiger partial charge >= 0.3 is 0 Å². The van der Waals surface area contributed by atoms with Gasteiger partial charge in [-0.3, -0.25) is 4.79 Å². The highest BCUT2D eigenvalue weighted by Gasteiger charge is 2.30. The van der Waals surface area contributed by atoms with E-state index in [9.17, 15) is 4.79 Å². The Morgan fingerprint density at radius 1 is 1.41 bits per heavy atom. The number of fused-ring (bicyclic) bond motifs is 1. The number of aromatic amines is 1. The number of aromatic nitrogens is 2. The SMILES string of the molecule is CC(C)c1nc2ccc(C(=O)C3CC3)cc2[nH]1. The molecule has 1 N–H and O–H groups in total. The number of H-pyrrole nitrogens is 1. The van der Waals surface area contributed by atoms with Crippen LogP contribution < -0.4 is 0 Å². The average Bonchev–Trinajstić information content (AvgIpc) is 3.06.